The Morgan fingerprint density at radius 2 is 1.26 bits per heavy atom. The molecule has 0 spiro atoms. The molecule has 2 aromatic carbocycles. The Morgan fingerprint density at radius 1 is 0.710 bits per heavy atom. The summed E-state index contributed by atoms with van der Waals surface area (Å²) in [6.45, 7) is 11.6. The molecular formula is C27H30Cl2SiZr. The standard InChI is InChI=1S/C19H19Si.C8H11.2ClH.Zr/c1-15-9-3-7-13-18(15)20(17-11-5-6-12-17)19-14-8-4-10-16(19)2;1-6-4-5-7(2)8(6)3;;;/h3-5,7-11,13-14,20H,6H2,1-2H3;4H2,1-3H3;2*1H;/q;;;;+2/p-2. The summed E-state index contributed by atoms with van der Waals surface area (Å²) in [5.74, 6) is 0. The van der Waals surface area contributed by atoms with E-state index < -0.39 is 32.0 Å². The van der Waals surface area contributed by atoms with Crippen LogP contribution in [0.2, 0.25) is 0 Å². The monoisotopic (exact) mass is 542 g/mol. The molecule has 0 aromatic heterocycles. The molecule has 2 aliphatic carbocycles. The summed E-state index contributed by atoms with van der Waals surface area (Å²) in [5.41, 5.74) is 7.67. The molecule has 0 N–H and O–H groups in total. The van der Waals surface area contributed by atoms with E-state index in [1.165, 1.54) is 24.0 Å². The van der Waals surface area contributed by atoms with Crippen molar-refractivity contribution in [2.45, 2.75) is 47.5 Å². The van der Waals surface area contributed by atoms with E-state index in [1.54, 1.807) is 32.3 Å². The fraction of sp³-hybridized carbons (Fsp3) is 0.259. The quantitative estimate of drug-likeness (QED) is 0.446. The van der Waals surface area contributed by atoms with Crippen LogP contribution in [0.3, 0.4) is 0 Å². The first-order valence-electron chi connectivity index (χ1n) is 10.6. The van der Waals surface area contributed by atoms with E-state index in [4.69, 9.17) is 0 Å². The summed E-state index contributed by atoms with van der Waals surface area (Å²) in [4.78, 5) is 0. The molecule has 0 atom stereocenters. The van der Waals surface area contributed by atoms with Crippen LogP contribution in [0, 0.1) is 13.8 Å². The molecule has 0 radical (unpaired) electrons. The molecule has 4 heteroatoms. The predicted octanol–water partition coefficient (Wildman–Crippen LogP) is -0.497. The van der Waals surface area contributed by atoms with Crippen LogP contribution in [0.15, 0.2) is 89.2 Å². The summed E-state index contributed by atoms with van der Waals surface area (Å²) in [6, 6.07) is 18.2. The van der Waals surface area contributed by atoms with E-state index in [1.807, 2.05) is 6.56 Å². The summed E-state index contributed by atoms with van der Waals surface area (Å²) in [7, 11) is -1.45. The molecule has 160 valence electrons. The van der Waals surface area contributed by atoms with E-state index in [0.29, 0.717) is 0 Å². The molecular weight excluding hydrogens is 515 g/mol. The number of hydrogen-bond donors (Lipinski definition) is 0. The van der Waals surface area contributed by atoms with Gasteiger partial charge in [0.1, 0.15) is 0 Å². The maximum atomic E-state index is 2.50. The molecule has 0 fully saturated rings. The van der Waals surface area contributed by atoms with Crippen molar-refractivity contribution in [3.63, 3.8) is 0 Å². The van der Waals surface area contributed by atoms with Gasteiger partial charge in [0.05, 0.1) is 0 Å². The Labute approximate surface area is 213 Å². The van der Waals surface area contributed by atoms with Crippen LogP contribution in [-0.2, 0) is 23.2 Å². The second-order valence-corrected chi connectivity index (χ2v) is 14.8. The van der Waals surface area contributed by atoms with Gasteiger partial charge in [-0.25, -0.2) is 0 Å². The normalized spacial score (nSPS) is 15.4. The number of allylic oxidation sites excluding steroid dienone is 8. The first kappa shape index (κ1) is 26.3. The van der Waals surface area contributed by atoms with Crippen LogP contribution in [0.25, 0.3) is 0 Å². The maximum Gasteiger partial charge on any atom is -1.00 e. The number of aryl methyl sites for hydroxylation is 2. The predicted molar refractivity (Wildman–Crippen MR) is 125 cm³/mol. The summed E-state index contributed by atoms with van der Waals surface area (Å²) in [5, 5.41) is 4.92. The molecule has 0 bridgehead atoms. The zero-order valence-corrected chi connectivity index (χ0v) is 24.1. The molecule has 0 unspecified atom stereocenters. The molecule has 0 heterocycles. The zero-order chi connectivity index (χ0) is 20.5. The van der Waals surface area contributed by atoms with Crippen LogP contribution in [0.4, 0.5) is 0 Å². The summed E-state index contributed by atoms with van der Waals surface area (Å²) >= 11 is -0.723. The minimum atomic E-state index is -1.45. The number of benzene rings is 2. The smallest absolute Gasteiger partial charge is 1.00 e. The van der Waals surface area contributed by atoms with Crippen LogP contribution >= 0.6 is 0 Å². The molecule has 2 aliphatic rings. The van der Waals surface area contributed by atoms with E-state index in [0.717, 1.165) is 0 Å². The third-order valence-electron chi connectivity index (χ3n) is 6.68. The average molecular weight is 545 g/mol. The molecule has 0 saturated heterocycles. The summed E-state index contributed by atoms with van der Waals surface area (Å²) < 4.78 is 3.63. The van der Waals surface area contributed by atoms with Crippen LogP contribution in [0.5, 0.6) is 0 Å². The van der Waals surface area contributed by atoms with Crippen molar-refractivity contribution in [2.75, 3.05) is 0 Å². The van der Waals surface area contributed by atoms with Gasteiger partial charge in [-0.1, -0.05) is 0 Å². The topological polar surface area (TPSA) is 0 Å². The van der Waals surface area contributed by atoms with Gasteiger partial charge in [0.15, 0.2) is 0 Å². The Morgan fingerprint density at radius 3 is 1.74 bits per heavy atom. The van der Waals surface area contributed by atoms with E-state index in [-0.39, 0.29) is 24.8 Å². The molecule has 0 amide bonds. The fourth-order valence-corrected chi connectivity index (χ4v) is 13.4. The first-order valence-corrected chi connectivity index (χ1v) is 14.8. The average Bonchev–Trinajstić information content (AvgIpc) is 3.25. The van der Waals surface area contributed by atoms with Crippen molar-refractivity contribution < 1.29 is 48.0 Å². The van der Waals surface area contributed by atoms with Crippen LogP contribution in [0.1, 0.15) is 44.7 Å². The minimum Gasteiger partial charge on any atom is -1.00 e. The third-order valence-corrected chi connectivity index (χ3v) is 15.1. The Kier molecular flexibility index (Phi) is 9.58. The SMILES string of the molecule is CC1=C(C)C(C)=[C]([Zr+2][C]2=C([SiH](c3ccccc3C)c3ccccc3C)C=CC2)C1.[Cl-].[Cl-]. The van der Waals surface area contributed by atoms with Crippen molar-refractivity contribution in [3.05, 3.63) is 100 Å². The van der Waals surface area contributed by atoms with Gasteiger partial charge in [0.25, 0.3) is 0 Å². The first-order chi connectivity index (χ1) is 14.0. The van der Waals surface area contributed by atoms with Crippen molar-refractivity contribution in [2.24, 2.45) is 0 Å². The van der Waals surface area contributed by atoms with Gasteiger partial charge in [-0.3, -0.25) is 0 Å². The number of rotatable bonds is 5. The largest absolute Gasteiger partial charge is 1.00 e. The fourth-order valence-electron chi connectivity index (χ4n) is 4.64. The Balaban J connectivity index is 0.00000171. The second-order valence-electron chi connectivity index (χ2n) is 8.50. The van der Waals surface area contributed by atoms with Crippen LogP contribution < -0.4 is 35.2 Å². The number of hydrogen-bond acceptors (Lipinski definition) is 0. The Hall–Kier alpha value is -0.920. The van der Waals surface area contributed by atoms with Crippen LogP contribution in [-0.4, -0.2) is 8.80 Å². The van der Waals surface area contributed by atoms with Gasteiger partial charge in [0.2, 0.25) is 0 Å². The molecule has 31 heavy (non-hydrogen) atoms. The Bertz CT molecular complexity index is 1050. The van der Waals surface area contributed by atoms with Gasteiger partial charge in [0, 0.05) is 0 Å². The molecule has 0 aliphatic heterocycles. The van der Waals surface area contributed by atoms with Gasteiger partial charge in [-0.05, 0) is 0 Å². The molecule has 4 rings (SSSR count). The number of halogens is 2. The van der Waals surface area contributed by atoms with E-state index in [2.05, 4.69) is 95.3 Å². The van der Waals surface area contributed by atoms with Gasteiger partial charge < -0.3 is 24.8 Å². The molecule has 2 aromatic rings. The third kappa shape index (κ3) is 5.36. The van der Waals surface area contributed by atoms with Gasteiger partial charge >= 0.3 is 190 Å². The molecule has 0 nitrogen and oxygen atoms in total. The zero-order valence-electron chi connectivity index (χ0n) is 19.0. The van der Waals surface area contributed by atoms with Crippen molar-refractivity contribution in [1.82, 2.24) is 0 Å². The van der Waals surface area contributed by atoms with E-state index >= 15 is 0 Å². The van der Waals surface area contributed by atoms with Crippen molar-refractivity contribution >= 4 is 19.2 Å². The summed E-state index contributed by atoms with van der Waals surface area (Å²) in [6.07, 6.45) is 7.38. The van der Waals surface area contributed by atoms with Crippen molar-refractivity contribution in [3.8, 4) is 0 Å². The van der Waals surface area contributed by atoms with Gasteiger partial charge in [-0.2, -0.15) is 0 Å². The van der Waals surface area contributed by atoms with E-state index in [9.17, 15) is 0 Å². The van der Waals surface area contributed by atoms with Gasteiger partial charge in [-0.15, -0.1) is 0 Å². The second kappa shape index (κ2) is 11.3. The van der Waals surface area contributed by atoms with Crippen molar-refractivity contribution in [1.29, 1.82) is 0 Å². The molecule has 0 saturated carbocycles. The minimum absolute atomic E-state index is 0. The maximum absolute atomic E-state index is 2.50.